The predicted molar refractivity (Wildman–Crippen MR) is 79.1 cm³/mol. The number of halogens is 1. The number of hydrogen-bond acceptors (Lipinski definition) is 3. The van der Waals surface area contributed by atoms with Gasteiger partial charge >= 0.3 is 0 Å². The molecule has 0 radical (unpaired) electrons. The van der Waals surface area contributed by atoms with Crippen LogP contribution in [0.3, 0.4) is 0 Å². The summed E-state index contributed by atoms with van der Waals surface area (Å²) in [5, 5.41) is 9.36. The van der Waals surface area contributed by atoms with Gasteiger partial charge in [0, 0.05) is 43.8 Å². The summed E-state index contributed by atoms with van der Waals surface area (Å²) in [6.45, 7) is 8.12. The first kappa shape index (κ1) is 15.4. The number of hydrogen-bond donors (Lipinski definition) is 1. The molecule has 0 spiro atoms. The van der Waals surface area contributed by atoms with Crippen LogP contribution in [-0.2, 0) is 0 Å². The van der Waals surface area contributed by atoms with Gasteiger partial charge in [0.1, 0.15) is 5.82 Å². The molecule has 0 bridgehead atoms. The first-order valence-electron chi connectivity index (χ1n) is 7.50. The minimum absolute atomic E-state index is 0.104. The molecule has 3 nitrogen and oxygen atoms in total. The Morgan fingerprint density at radius 1 is 1.15 bits per heavy atom. The lowest BCUT2D eigenvalue weighted by Crippen LogP contribution is -2.51. The van der Waals surface area contributed by atoms with E-state index < -0.39 is 0 Å². The first-order valence-corrected chi connectivity index (χ1v) is 7.50. The fourth-order valence-electron chi connectivity index (χ4n) is 3.00. The number of benzene rings is 1. The van der Waals surface area contributed by atoms with Gasteiger partial charge < -0.3 is 5.11 Å². The zero-order chi connectivity index (χ0) is 14.5. The topological polar surface area (TPSA) is 26.7 Å². The highest BCUT2D eigenvalue weighted by Gasteiger charge is 2.26. The van der Waals surface area contributed by atoms with Crippen LogP contribution in [0.5, 0.6) is 0 Å². The summed E-state index contributed by atoms with van der Waals surface area (Å²) in [6.07, 6.45) is 0.972. The Balaban J connectivity index is 1.95. The highest BCUT2D eigenvalue weighted by molar-refractivity contribution is 5.20. The lowest BCUT2D eigenvalue weighted by Gasteiger charge is -2.41. The van der Waals surface area contributed by atoms with Crippen molar-refractivity contribution in [2.45, 2.75) is 32.4 Å². The molecule has 2 atom stereocenters. The number of piperazine rings is 1. The second kappa shape index (κ2) is 7.16. The number of nitrogens with zero attached hydrogens (tertiary/aromatic N) is 2. The van der Waals surface area contributed by atoms with E-state index >= 15 is 0 Å². The van der Waals surface area contributed by atoms with Gasteiger partial charge in [0.05, 0.1) is 6.61 Å². The van der Waals surface area contributed by atoms with Gasteiger partial charge in [-0.1, -0.05) is 25.1 Å². The van der Waals surface area contributed by atoms with Crippen LogP contribution in [0.15, 0.2) is 24.3 Å². The maximum absolute atomic E-state index is 13.8. The Kier molecular flexibility index (Phi) is 5.52. The average molecular weight is 280 g/mol. The summed E-state index contributed by atoms with van der Waals surface area (Å²) < 4.78 is 13.8. The summed E-state index contributed by atoms with van der Waals surface area (Å²) in [5.74, 6) is -0.121. The SMILES string of the molecule is CCC(CO)N1CCN(C(C)c2ccccc2F)CC1. The summed E-state index contributed by atoms with van der Waals surface area (Å²) >= 11 is 0. The fraction of sp³-hybridized carbons (Fsp3) is 0.625. The Labute approximate surface area is 121 Å². The maximum atomic E-state index is 13.8. The van der Waals surface area contributed by atoms with E-state index in [0.29, 0.717) is 0 Å². The van der Waals surface area contributed by atoms with Crippen molar-refractivity contribution in [3.8, 4) is 0 Å². The standard InChI is InChI=1S/C16H25FN2O/c1-3-14(12-20)19-10-8-18(9-11-19)13(2)15-6-4-5-7-16(15)17/h4-7,13-14,20H,3,8-12H2,1-2H3. The van der Waals surface area contributed by atoms with Crippen LogP contribution in [0.4, 0.5) is 4.39 Å². The van der Waals surface area contributed by atoms with Crippen LogP contribution in [0.2, 0.25) is 0 Å². The molecule has 1 aliphatic heterocycles. The van der Waals surface area contributed by atoms with E-state index in [-0.39, 0.29) is 24.5 Å². The van der Waals surface area contributed by atoms with Crippen molar-refractivity contribution < 1.29 is 9.50 Å². The Morgan fingerprint density at radius 3 is 2.30 bits per heavy atom. The van der Waals surface area contributed by atoms with Crippen molar-refractivity contribution in [2.24, 2.45) is 0 Å². The number of aliphatic hydroxyl groups excluding tert-OH is 1. The molecular formula is C16H25FN2O. The monoisotopic (exact) mass is 280 g/mol. The first-order chi connectivity index (χ1) is 9.67. The molecule has 1 heterocycles. The molecule has 20 heavy (non-hydrogen) atoms. The molecule has 2 unspecified atom stereocenters. The lowest BCUT2D eigenvalue weighted by atomic mass is 10.0. The highest BCUT2D eigenvalue weighted by atomic mass is 19.1. The maximum Gasteiger partial charge on any atom is 0.127 e. The molecule has 1 N–H and O–H groups in total. The van der Waals surface area contributed by atoms with Crippen LogP contribution >= 0.6 is 0 Å². The van der Waals surface area contributed by atoms with Crippen molar-refractivity contribution in [1.29, 1.82) is 0 Å². The zero-order valence-corrected chi connectivity index (χ0v) is 12.4. The largest absolute Gasteiger partial charge is 0.395 e. The molecule has 0 amide bonds. The van der Waals surface area contributed by atoms with Crippen molar-refractivity contribution >= 4 is 0 Å². The molecule has 0 aromatic heterocycles. The summed E-state index contributed by atoms with van der Waals surface area (Å²) in [6, 6.07) is 7.39. The van der Waals surface area contributed by atoms with Crippen molar-refractivity contribution in [3.63, 3.8) is 0 Å². The van der Waals surface area contributed by atoms with Crippen molar-refractivity contribution in [3.05, 3.63) is 35.6 Å². The molecule has 112 valence electrons. The average Bonchev–Trinajstić information content (AvgIpc) is 2.49. The highest BCUT2D eigenvalue weighted by Crippen LogP contribution is 2.24. The van der Waals surface area contributed by atoms with Gasteiger partial charge in [0.15, 0.2) is 0 Å². The Bertz CT molecular complexity index is 415. The van der Waals surface area contributed by atoms with Gasteiger partial charge in [-0.05, 0) is 19.4 Å². The molecule has 1 aromatic rings. The zero-order valence-electron chi connectivity index (χ0n) is 12.4. The van der Waals surface area contributed by atoms with Gasteiger partial charge in [-0.25, -0.2) is 4.39 Å². The number of aliphatic hydroxyl groups is 1. The predicted octanol–water partition coefficient (Wildman–Crippen LogP) is 2.28. The van der Waals surface area contributed by atoms with E-state index in [9.17, 15) is 9.50 Å². The molecule has 2 rings (SSSR count). The van der Waals surface area contributed by atoms with Crippen LogP contribution in [0.1, 0.15) is 31.9 Å². The molecule has 0 aliphatic carbocycles. The van der Waals surface area contributed by atoms with Crippen LogP contribution in [0.25, 0.3) is 0 Å². The minimum atomic E-state index is -0.121. The summed E-state index contributed by atoms with van der Waals surface area (Å²) in [5.41, 5.74) is 0.773. The smallest absolute Gasteiger partial charge is 0.127 e. The van der Waals surface area contributed by atoms with Gasteiger partial charge in [-0.3, -0.25) is 9.80 Å². The van der Waals surface area contributed by atoms with E-state index in [1.165, 1.54) is 6.07 Å². The Morgan fingerprint density at radius 2 is 1.75 bits per heavy atom. The molecule has 1 aliphatic rings. The Hall–Kier alpha value is -0.970. The molecular weight excluding hydrogens is 255 g/mol. The van der Waals surface area contributed by atoms with Gasteiger partial charge in [0.25, 0.3) is 0 Å². The van der Waals surface area contributed by atoms with E-state index in [2.05, 4.69) is 23.6 Å². The quantitative estimate of drug-likeness (QED) is 0.896. The summed E-state index contributed by atoms with van der Waals surface area (Å²) in [4.78, 5) is 4.66. The van der Waals surface area contributed by atoms with Crippen LogP contribution < -0.4 is 0 Å². The van der Waals surface area contributed by atoms with Crippen molar-refractivity contribution in [2.75, 3.05) is 32.8 Å². The van der Waals surface area contributed by atoms with E-state index in [1.807, 2.05) is 12.1 Å². The molecule has 1 fully saturated rings. The van der Waals surface area contributed by atoms with E-state index in [1.54, 1.807) is 6.07 Å². The molecule has 4 heteroatoms. The van der Waals surface area contributed by atoms with Gasteiger partial charge in [0.2, 0.25) is 0 Å². The fourth-order valence-corrected chi connectivity index (χ4v) is 3.00. The second-order valence-electron chi connectivity index (χ2n) is 5.51. The van der Waals surface area contributed by atoms with Crippen LogP contribution in [0, 0.1) is 5.82 Å². The van der Waals surface area contributed by atoms with Crippen molar-refractivity contribution in [1.82, 2.24) is 9.80 Å². The molecule has 0 saturated carbocycles. The number of rotatable bonds is 5. The molecule has 1 aromatic carbocycles. The second-order valence-corrected chi connectivity index (χ2v) is 5.51. The summed E-state index contributed by atoms with van der Waals surface area (Å²) in [7, 11) is 0. The minimum Gasteiger partial charge on any atom is -0.395 e. The third-order valence-corrected chi connectivity index (χ3v) is 4.45. The van der Waals surface area contributed by atoms with Gasteiger partial charge in [-0.2, -0.15) is 0 Å². The van der Waals surface area contributed by atoms with E-state index in [4.69, 9.17) is 0 Å². The third kappa shape index (κ3) is 3.37. The third-order valence-electron chi connectivity index (χ3n) is 4.45. The van der Waals surface area contributed by atoms with Crippen LogP contribution in [-0.4, -0.2) is 53.7 Å². The normalized spacial score (nSPS) is 20.8. The van der Waals surface area contributed by atoms with Gasteiger partial charge in [-0.15, -0.1) is 0 Å². The molecule has 1 saturated heterocycles. The van der Waals surface area contributed by atoms with E-state index in [0.717, 1.165) is 38.2 Å². The lowest BCUT2D eigenvalue weighted by molar-refractivity contribution is 0.0480.